The molecule has 1 unspecified atom stereocenters. The van der Waals surface area contributed by atoms with Crippen molar-refractivity contribution in [3.8, 4) is 0 Å². The molecule has 1 nitrogen and oxygen atoms in total. The normalized spacial score (nSPS) is 13.1. The summed E-state index contributed by atoms with van der Waals surface area (Å²) in [6, 6.07) is 5.19. The van der Waals surface area contributed by atoms with E-state index in [1.807, 2.05) is 6.07 Å². The van der Waals surface area contributed by atoms with E-state index >= 15 is 0 Å². The van der Waals surface area contributed by atoms with Gasteiger partial charge in [-0.3, -0.25) is 0 Å². The molecule has 0 fully saturated rings. The fourth-order valence-electron chi connectivity index (χ4n) is 1.71. The number of rotatable bonds is 6. The maximum Gasteiger partial charge on any atom is 0.142 e. The Balaban J connectivity index is 2.62. The van der Waals surface area contributed by atoms with Crippen LogP contribution in [0.5, 0.6) is 0 Å². The topological polar surface area (TPSA) is 12.0 Å². The largest absolute Gasteiger partial charge is 0.310 e. The highest BCUT2D eigenvalue weighted by atomic mass is 35.5. The summed E-state index contributed by atoms with van der Waals surface area (Å²) in [5.74, 6) is 0.734. The van der Waals surface area contributed by atoms with Crippen molar-refractivity contribution in [2.45, 2.75) is 32.9 Å². The van der Waals surface area contributed by atoms with Crippen LogP contribution >= 0.6 is 23.2 Å². The van der Waals surface area contributed by atoms with Gasteiger partial charge in [-0.1, -0.05) is 37.6 Å². The van der Waals surface area contributed by atoms with Crippen LogP contribution in [-0.2, 0) is 6.54 Å². The molecule has 0 aliphatic rings. The number of hydrogen-bond acceptors (Lipinski definition) is 1. The molecular weight excluding hydrogens is 260 g/mol. The molecule has 0 saturated carbocycles. The molecule has 0 aromatic heterocycles. The average molecular weight is 278 g/mol. The van der Waals surface area contributed by atoms with E-state index in [9.17, 15) is 4.39 Å². The summed E-state index contributed by atoms with van der Waals surface area (Å²) in [4.78, 5) is 0. The molecule has 0 spiro atoms. The van der Waals surface area contributed by atoms with Gasteiger partial charge >= 0.3 is 0 Å². The molecule has 1 N–H and O–H groups in total. The minimum atomic E-state index is -0.371. The second-order valence-electron chi connectivity index (χ2n) is 4.42. The lowest BCUT2D eigenvalue weighted by molar-refractivity contribution is 0.388. The Hall–Kier alpha value is -0.310. The molecular formula is C13H18Cl2FN. The average Bonchev–Trinajstić information content (AvgIpc) is 2.29. The molecule has 96 valence electrons. The summed E-state index contributed by atoms with van der Waals surface area (Å²) in [5, 5.41) is 3.57. The molecule has 1 aromatic carbocycles. The molecule has 1 aromatic rings. The molecule has 0 radical (unpaired) electrons. The van der Waals surface area contributed by atoms with Gasteiger partial charge in [0.2, 0.25) is 0 Å². The lowest BCUT2D eigenvalue weighted by Crippen LogP contribution is -2.33. The van der Waals surface area contributed by atoms with E-state index in [0.717, 1.165) is 12.0 Å². The van der Waals surface area contributed by atoms with Gasteiger partial charge in [-0.15, -0.1) is 11.6 Å². The van der Waals surface area contributed by atoms with Crippen LogP contribution in [0.25, 0.3) is 0 Å². The van der Waals surface area contributed by atoms with Crippen LogP contribution in [0.15, 0.2) is 18.2 Å². The van der Waals surface area contributed by atoms with Gasteiger partial charge in [-0.2, -0.15) is 0 Å². The molecule has 0 saturated heterocycles. The zero-order valence-corrected chi connectivity index (χ0v) is 11.7. The zero-order chi connectivity index (χ0) is 12.8. The Bertz CT molecular complexity index is 355. The Morgan fingerprint density at radius 2 is 2.06 bits per heavy atom. The standard InChI is InChI=1S/C13H18Cl2FN/c1-9(2)12(6-7-14)17-8-10-4-3-5-11(16)13(10)15/h3-5,9,12,17H,6-8H2,1-2H3. The van der Waals surface area contributed by atoms with Crippen molar-refractivity contribution in [1.29, 1.82) is 0 Å². The maximum absolute atomic E-state index is 13.2. The summed E-state index contributed by atoms with van der Waals surface area (Å²) in [6.07, 6.45) is 0.895. The third-order valence-electron chi connectivity index (χ3n) is 2.81. The van der Waals surface area contributed by atoms with Crippen molar-refractivity contribution in [1.82, 2.24) is 5.32 Å². The van der Waals surface area contributed by atoms with Crippen LogP contribution < -0.4 is 5.32 Å². The third kappa shape index (κ3) is 4.46. The van der Waals surface area contributed by atoms with E-state index in [0.29, 0.717) is 24.4 Å². The van der Waals surface area contributed by atoms with Gasteiger partial charge in [-0.05, 0) is 24.0 Å². The highest BCUT2D eigenvalue weighted by Gasteiger charge is 2.13. The summed E-state index contributed by atoms with van der Waals surface area (Å²) in [7, 11) is 0. The quantitative estimate of drug-likeness (QED) is 0.768. The smallest absolute Gasteiger partial charge is 0.142 e. The molecule has 1 rings (SSSR count). The van der Waals surface area contributed by atoms with Crippen LogP contribution in [0.4, 0.5) is 4.39 Å². The van der Waals surface area contributed by atoms with Gasteiger partial charge in [0.1, 0.15) is 5.82 Å². The molecule has 0 heterocycles. The maximum atomic E-state index is 13.2. The van der Waals surface area contributed by atoms with Crippen LogP contribution in [0.2, 0.25) is 5.02 Å². The lowest BCUT2D eigenvalue weighted by atomic mass is 10.0. The van der Waals surface area contributed by atoms with Gasteiger partial charge in [-0.25, -0.2) is 4.39 Å². The highest BCUT2D eigenvalue weighted by molar-refractivity contribution is 6.31. The zero-order valence-electron chi connectivity index (χ0n) is 10.1. The van der Waals surface area contributed by atoms with Gasteiger partial charge in [0.25, 0.3) is 0 Å². The number of nitrogens with one attached hydrogen (secondary N) is 1. The number of alkyl halides is 1. The minimum Gasteiger partial charge on any atom is -0.310 e. The third-order valence-corrected chi connectivity index (χ3v) is 3.45. The highest BCUT2D eigenvalue weighted by Crippen LogP contribution is 2.20. The molecule has 0 aliphatic heterocycles. The van der Waals surface area contributed by atoms with Crippen molar-refractivity contribution in [2.75, 3.05) is 5.88 Å². The van der Waals surface area contributed by atoms with Crippen LogP contribution in [0.3, 0.4) is 0 Å². The van der Waals surface area contributed by atoms with Crippen molar-refractivity contribution >= 4 is 23.2 Å². The Kier molecular flexibility index (Phi) is 6.24. The summed E-state index contributed by atoms with van der Waals surface area (Å²) in [5.41, 5.74) is 0.784. The van der Waals surface area contributed by atoms with Crippen LogP contribution in [-0.4, -0.2) is 11.9 Å². The van der Waals surface area contributed by atoms with Crippen molar-refractivity contribution in [2.24, 2.45) is 5.92 Å². The van der Waals surface area contributed by atoms with E-state index < -0.39 is 0 Å². The second kappa shape index (κ2) is 7.20. The minimum absolute atomic E-state index is 0.202. The fourth-order valence-corrected chi connectivity index (χ4v) is 2.14. The van der Waals surface area contributed by atoms with Gasteiger partial charge in [0, 0.05) is 18.5 Å². The Morgan fingerprint density at radius 3 is 2.65 bits per heavy atom. The first-order valence-corrected chi connectivity index (χ1v) is 6.69. The number of benzene rings is 1. The monoisotopic (exact) mass is 277 g/mol. The Labute approximate surface area is 112 Å². The van der Waals surface area contributed by atoms with Gasteiger partial charge < -0.3 is 5.32 Å². The lowest BCUT2D eigenvalue weighted by Gasteiger charge is -2.21. The molecule has 17 heavy (non-hydrogen) atoms. The van der Waals surface area contributed by atoms with E-state index in [2.05, 4.69) is 19.2 Å². The number of hydrogen-bond donors (Lipinski definition) is 1. The van der Waals surface area contributed by atoms with Gasteiger partial charge in [0.05, 0.1) is 5.02 Å². The van der Waals surface area contributed by atoms with Crippen molar-refractivity contribution in [3.63, 3.8) is 0 Å². The SMILES string of the molecule is CC(C)C(CCCl)NCc1cccc(F)c1Cl. The number of halogens is 3. The van der Waals surface area contributed by atoms with E-state index in [-0.39, 0.29) is 10.8 Å². The summed E-state index contributed by atoms with van der Waals surface area (Å²) < 4.78 is 13.2. The first-order valence-electron chi connectivity index (χ1n) is 5.78. The first-order chi connectivity index (χ1) is 8.06. The van der Waals surface area contributed by atoms with Crippen LogP contribution in [0, 0.1) is 11.7 Å². The summed E-state index contributed by atoms with van der Waals surface area (Å²) >= 11 is 11.6. The van der Waals surface area contributed by atoms with E-state index in [1.165, 1.54) is 6.07 Å². The van der Waals surface area contributed by atoms with E-state index in [4.69, 9.17) is 23.2 Å². The predicted octanol–water partition coefficient (Wildman–Crippen LogP) is 4.22. The predicted molar refractivity (Wildman–Crippen MR) is 72.2 cm³/mol. The molecule has 0 aliphatic carbocycles. The van der Waals surface area contributed by atoms with Crippen molar-refractivity contribution < 1.29 is 4.39 Å². The Morgan fingerprint density at radius 1 is 1.35 bits per heavy atom. The van der Waals surface area contributed by atoms with Crippen LogP contribution in [0.1, 0.15) is 25.8 Å². The first kappa shape index (κ1) is 14.7. The van der Waals surface area contributed by atoms with Crippen molar-refractivity contribution in [3.05, 3.63) is 34.6 Å². The molecule has 0 amide bonds. The fraction of sp³-hybridized carbons (Fsp3) is 0.538. The molecule has 4 heteroatoms. The summed E-state index contributed by atoms with van der Waals surface area (Å²) in [6.45, 7) is 4.84. The molecule has 1 atom stereocenters. The van der Waals surface area contributed by atoms with E-state index in [1.54, 1.807) is 6.07 Å². The van der Waals surface area contributed by atoms with Gasteiger partial charge in [0.15, 0.2) is 0 Å². The molecule has 0 bridgehead atoms. The second-order valence-corrected chi connectivity index (χ2v) is 5.18.